The van der Waals surface area contributed by atoms with Crippen molar-refractivity contribution in [2.45, 2.75) is 32.7 Å². The van der Waals surface area contributed by atoms with Crippen LogP contribution in [0.15, 0.2) is 48.5 Å². The average Bonchev–Trinajstić information content (AvgIpc) is 2.66. The normalized spacial score (nSPS) is 14.3. The van der Waals surface area contributed by atoms with Crippen molar-refractivity contribution in [1.82, 2.24) is 4.72 Å². The Hall–Kier alpha value is -2.18. The Bertz CT molecular complexity index is 879. The lowest BCUT2D eigenvalue weighted by molar-refractivity contribution is -0.118. The second-order valence-corrected chi connectivity index (χ2v) is 8.40. The van der Waals surface area contributed by atoms with E-state index in [0.29, 0.717) is 25.8 Å². The number of rotatable bonds is 7. The van der Waals surface area contributed by atoms with Gasteiger partial charge in [0.05, 0.1) is 5.75 Å². The monoisotopic (exact) mass is 372 g/mol. The van der Waals surface area contributed by atoms with Gasteiger partial charge in [-0.15, -0.1) is 0 Å². The maximum Gasteiger partial charge on any atom is 0.227 e. The van der Waals surface area contributed by atoms with Crippen LogP contribution < -0.4 is 9.62 Å². The predicted octanol–water partition coefficient (Wildman–Crippen LogP) is 2.65. The molecule has 1 amide bonds. The summed E-state index contributed by atoms with van der Waals surface area (Å²) in [5.74, 6) is 0.217. The molecular formula is C20H24N2O3S. The fourth-order valence-electron chi connectivity index (χ4n) is 3.23. The van der Waals surface area contributed by atoms with Gasteiger partial charge in [-0.1, -0.05) is 42.5 Å². The number of aryl methyl sites for hydroxylation is 2. The van der Waals surface area contributed by atoms with E-state index in [1.54, 1.807) is 4.90 Å². The Morgan fingerprint density at radius 2 is 1.81 bits per heavy atom. The Morgan fingerprint density at radius 1 is 1.04 bits per heavy atom. The van der Waals surface area contributed by atoms with Gasteiger partial charge < -0.3 is 4.90 Å². The van der Waals surface area contributed by atoms with Gasteiger partial charge in [-0.2, -0.15) is 0 Å². The average molecular weight is 372 g/mol. The smallest absolute Gasteiger partial charge is 0.227 e. The van der Waals surface area contributed by atoms with E-state index < -0.39 is 10.0 Å². The number of fused-ring (bicyclic) bond motifs is 1. The Morgan fingerprint density at radius 3 is 2.54 bits per heavy atom. The quantitative estimate of drug-likeness (QED) is 0.812. The van der Waals surface area contributed by atoms with E-state index in [2.05, 4.69) is 4.72 Å². The number of nitrogens with zero attached hydrogens (tertiary/aromatic N) is 1. The summed E-state index contributed by atoms with van der Waals surface area (Å²) >= 11 is 0. The van der Waals surface area contributed by atoms with Crippen LogP contribution in [-0.4, -0.2) is 26.6 Å². The van der Waals surface area contributed by atoms with Gasteiger partial charge in [0, 0.05) is 25.2 Å². The number of carbonyl (C=O) groups is 1. The van der Waals surface area contributed by atoms with Crippen LogP contribution in [0.1, 0.15) is 30.0 Å². The molecule has 0 saturated heterocycles. The number of anilines is 1. The molecule has 0 aromatic heterocycles. The lowest BCUT2D eigenvalue weighted by Crippen LogP contribution is -2.35. The first-order valence-electron chi connectivity index (χ1n) is 8.92. The van der Waals surface area contributed by atoms with E-state index in [4.69, 9.17) is 0 Å². The van der Waals surface area contributed by atoms with Gasteiger partial charge in [-0.05, 0) is 42.5 Å². The first kappa shape index (κ1) is 18.6. The molecule has 0 bridgehead atoms. The van der Waals surface area contributed by atoms with Crippen LogP contribution >= 0.6 is 0 Å². The number of hydrogen-bond donors (Lipinski definition) is 1. The minimum Gasteiger partial charge on any atom is -0.312 e. The largest absolute Gasteiger partial charge is 0.312 e. The summed E-state index contributed by atoms with van der Waals surface area (Å²) in [5.41, 5.74) is 3.97. The third kappa shape index (κ3) is 4.51. The van der Waals surface area contributed by atoms with E-state index >= 15 is 0 Å². The highest BCUT2D eigenvalue weighted by molar-refractivity contribution is 7.89. The highest BCUT2D eigenvalue weighted by Gasteiger charge is 2.22. The lowest BCUT2D eigenvalue weighted by Gasteiger charge is -2.28. The molecule has 138 valence electrons. The summed E-state index contributed by atoms with van der Waals surface area (Å²) < 4.78 is 27.2. The fraction of sp³-hybridized carbons (Fsp3) is 0.350. The second-order valence-electron chi connectivity index (χ2n) is 6.48. The molecule has 3 rings (SSSR count). The number of hydrogen-bond acceptors (Lipinski definition) is 3. The van der Waals surface area contributed by atoms with Crippen molar-refractivity contribution in [1.29, 1.82) is 0 Å². The SMILES string of the molecule is CCN1C(=O)CCc2cc(CNS(=O)(=O)CCc3ccccc3)ccc21. The van der Waals surface area contributed by atoms with E-state index in [1.807, 2.05) is 55.5 Å². The lowest BCUT2D eigenvalue weighted by atomic mass is 9.99. The molecule has 1 aliphatic heterocycles. The van der Waals surface area contributed by atoms with Crippen molar-refractivity contribution in [3.05, 3.63) is 65.2 Å². The summed E-state index contributed by atoms with van der Waals surface area (Å²) in [6.45, 7) is 2.88. The summed E-state index contributed by atoms with van der Waals surface area (Å²) in [6, 6.07) is 15.4. The standard InChI is InChI=1S/C20H24N2O3S/c1-2-22-19-10-8-17(14-18(19)9-11-20(22)23)15-21-26(24,25)13-12-16-6-4-3-5-7-16/h3-8,10,14,21H,2,9,11-13,15H2,1H3. The number of carbonyl (C=O) groups excluding carboxylic acids is 1. The van der Waals surface area contributed by atoms with E-state index in [9.17, 15) is 13.2 Å². The minimum atomic E-state index is -3.34. The third-order valence-electron chi connectivity index (χ3n) is 4.66. The molecule has 0 fully saturated rings. The number of benzene rings is 2. The maximum absolute atomic E-state index is 12.2. The van der Waals surface area contributed by atoms with Crippen LogP contribution in [0.5, 0.6) is 0 Å². The molecule has 0 spiro atoms. The molecule has 0 saturated carbocycles. The zero-order chi connectivity index (χ0) is 18.6. The molecule has 0 radical (unpaired) electrons. The summed E-state index contributed by atoms with van der Waals surface area (Å²) in [5, 5.41) is 0. The number of sulfonamides is 1. The molecule has 0 atom stereocenters. The van der Waals surface area contributed by atoms with Crippen LogP contribution in [0.2, 0.25) is 0 Å². The Balaban J connectivity index is 1.62. The number of nitrogens with one attached hydrogen (secondary N) is 1. The molecule has 2 aromatic carbocycles. The van der Waals surface area contributed by atoms with Crippen molar-refractivity contribution in [3.63, 3.8) is 0 Å². The fourth-order valence-corrected chi connectivity index (χ4v) is 4.27. The first-order chi connectivity index (χ1) is 12.5. The zero-order valence-corrected chi connectivity index (χ0v) is 15.8. The molecular weight excluding hydrogens is 348 g/mol. The Labute approximate surface area is 155 Å². The van der Waals surface area contributed by atoms with Crippen molar-refractivity contribution in [2.75, 3.05) is 17.2 Å². The highest BCUT2D eigenvalue weighted by Crippen LogP contribution is 2.28. The van der Waals surface area contributed by atoms with Gasteiger partial charge in [0.15, 0.2) is 0 Å². The van der Waals surface area contributed by atoms with Gasteiger partial charge >= 0.3 is 0 Å². The van der Waals surface area contributed by atoms with E-state index in [1.165, 1.54) is 0 Å². The molecule has 5 nitrogen and oxygen atoms in total. The van der Waals surface area contributed by atoms with Crippen molar-refractivity contribution < 1.29 is 13.2 Å². The zero-order valence-electron chi connectivity index (χ0n) is 14.9. The van der Waals surface area contributed by atoms with Gasteiger partial charge in [0.2, 0.25) is 15.9 Å². The van der Waals surface area contributed by atoms with Crippen LogP contribution in [0.4, 0.5) is 5.69 Å². The molecule has 2 aromatic rings. The maximum atomic E-state index is 12.2. The van der Waals surface area contributed by atoms with Crippen LogP contribution in [-0.2, 0) is 34.2 Å². The second kappa shape index (κ2) is 8.01. The minimum absolute atomic E-state index is 0.0695. The Kier molecular flexibility index (Phi) is 5.74. The molecule has 26 heavy (non-hydrogen) atoms. The van der Waals surface area contributed by atoms with Crippen molar-refractivity contribution >= 4 is 21.6 Å². The van der Waals surface area contributed by atoms with E-state index in [-0.39, 0.29) is 18.2 Å². The molecule has 6 heteroatoms. The van der Waals surface area contributed by atoms with Gasteiger partial charge in [0.25, 0.3) is 0 Å². The van der Waals surface area contributed by atoms with Gasteiger partial charge in [-0.25, -0.2) is 13.1 Å². The van der Waals surface area contributed by atoms with Gasteiger partial charge in [-0.3, -0.25) is 4.79 Å². The summed E-state index contributed by atoms with van der Waals surface area (Å²) in [6.07, 6.45) is 1.71. The van der Waals surface area contributed by atoms with E-state index in [0.717, 1.165) is 22.4 Å². The number of amides is 1. The first-order valence-corrected chi connectivity index (χ1v) is 10.6. The molecule has 1 aliphatic rings. The van der Waals surface area contributed by atoms with Crippen LogP contribution in [0.3, 0.4) is 0 Å². The molecule has 1 heterocycles. The topological polar surface area (TPSA) is 66.5 Å². The van der Waals surface area contributed by atoms with Crippen LogP contribution in [0, 0.1) is 0 Å². The van der Waals surface area contributed by atoms with Crippen LogP contribution in [0.25, 0.3) is 0 Å². The third-order valence-corrected chi connectivity index (χ3v) is 5.98. The molecule has 0 unspecified atom stereocenters. The van der Waals surface area contributed by atoms with Gasteiger partial charge in [0.1, 0.15) is 0 Å². The van der Waals surface area contributed by atoms with Crippen molar-refractivity contribution in [2.24, 2.45) is 0 Å². The summed E-state index contributed by atoms with van der Waals surface area (Å²) in [7, 11) is -3.34. The highest BCUT2D eigenvalue weighted by atomic mass is 32.2. The van der Waals surface area contributed by atoms with Crippen molar-refractivity contribution in [3.8, 4) is 0 Å². The summed E-state index contributed by atoms with van der Waals surface area (Å²) in [4.78, 5) is 13.7. The molecule has 1 N–H and O–H groups in total. The molecule has 0 aliphatic carbocycles. The predicted molar refractivity (Wildman–Crippen MR) is 104 cm³/mol.